The highest BCUT2D eigenvalue weighted by Crippen LogP contribution is 2.34. The first-order chi connectivity index (χ1) is 19.6. The maximum atomic E-state index is 12.9. The lowest BCUT2D eigenvalue weighted by atomic mass is 10.1. The lowest BCUT2D eigenvalue weighted by molar-refractivity contribution is -0.147. The molecule has 0 saturated heterocycles. The average Bonchev–Trinajstić information content (AvgIpc) is 2.93. The molecule has 0 aliphatic rings. The Morgan fingerprint density at radius 2 is 1.46 bits per heavy atom. The molecule has 0 bridgehead atoms. The van der Waals surface area contributed by atoms with Crippen LogP contribution in [0.4, 0.5) is 24.5 Å². The minimum absolute atomic E-state index is 0.0243. The van der Waals surface area contributed by atoms with Crippen LogP contribution in [0.1, 0.15) is 24.8 Å². The third kappa shape index (κ3) is 8.71. The van der Waals surface area contributed by atoms with Gasteiger partial charge in [-0.3, -0.25) is 14.4 Å². The lowest BCUT2D eigenvalue weighted by Gasteiger charge is -2.12. The van der Waals surface area contributed by atoms with E-state index >= 15 is 0 Å². The third-order valence-corrected chi connectivity index (χ3v) is 6.14. The van der Waals surface area contributed by atoms with Gasteiger partial charge in [-0.2, -0.15) is 13.2 Å². The van der Waals surface area contributed by atoms with E-state index in [0.717, 1.165) is 22.9 Å². The van der Waals surface area contributed by atoms with Crippen molar-refractivity contribution in [3.8, 4) is 11.5 Å². The van der Waals surface area contributed by atoms with Crippen molar-refractivity contribution in [2.75, 3.05) is 17.2 Å². The van der Waals surface area contributed by atoms with Gasteiger partial charge in [-0.15, -0.1) is 0 Å². The van der Waals surface area contributed by atoms with E-state index in [1.54, 1.807) is 24.3 Å². The highest BCUT2D eigenvalue weighted by atomic mass is 35.5. The van der Waals surface area contributed by atoms with Gasteiger partial charge in [0.2, 0.25) is 5.91 Å². The number of ether oxygens (including phenoxy) is 2. The van der Waals surface area contributed by atoms with Crippen LogP contribution in [0.5, 0.6) is 11.5 Å². The van der Waals surface area contributed by atoms with Crippen LogP contribution in [0, 0.1) is 0 Å². The van der Waals surface area contributed by atoms with Gasteiger partial charge in [-0.05, 0) is 71.8 Å². The Kier molecular flexibility index (Phi) is 9.46. The lowest BCUT2D eigenvalue weighted by Crippen LogP contribution is -2.21. The molecule has 41 heavy (non-hydrogen) atoms. The fourth-order valence-corrected chi connectivity index (χ4v) is 3.96. The van der Waals surface area contributed by atoms with Crippen molar-refractivity contribution >= 4 is 51.5 Å². The van der Waals surface area contributed by atoms with Crippen LogP contribution in [-0.2, 0) is 25.3 Å². The molecule has 0 saturated carbocycles. The molecule has 2 amide bonds. The zero-order valence-electron chi connectivity index (χ0n) is 21.5. The Balaban J connectivity index is 1.16. The van der Waals surface area contributed by atoms with E-state index in [1.807, 2.05) is 42.5 Å². The summed E-state index contributed by atoms with van der Waals surface area (Å²) in [6, 6.07) is 23.0. The van der Waals surface area contributed by atoms with Crippen molar-refractivity contribution in [1.82, 2.24) is 0 Å². The number of anilines is 2. The standard InChI is InChI=1S/C30H24ClF3N2O5/c31-25-15-9-21(30(32,33)34)17-26(25)36-28(38)18-40-29(39)7-3-6-27(37)35-22-10-13-23(14-11-22)41-24-12-8-19-4-1-2-5-20(19)16-24/h1-2,4-5,8-17H,3,6-7,18H2,(H,35,37)(H,36,38). The average molecular weight is 585 g/mol. The Morgan fingerprint density at radius 1 is 0.756 bits per heavy atom. The molecule has 212 valence electrons. The van der Waals surface area contributed by atoms with Gasteiger partial charge >= 0.3 is 12.1 Å². The number of nitrogens with one attached hydrogen (secondary N) is 2. The fraction of sp³-hybridized carbons (Fsp3) is 0.167. The van der Waals surface area contributed by atoms with Crippen LogP contribution in [0.2, 0.25) is 5.02 Å². The quantitative estimate of drug-likeness (QED) is 0.187. The van der Waals surface area contributed by atoms with Gasteiger partial charge in [0.05, 0.1) is 16.3 Å². The summed E-state index contributed by atoms with van der Waals surface area (Å²) in [5, 5.41) is 6.97. The fourth-order valence-electron chi connectivity index (χ4n) is 3.79. The Bertz CT molecular complexity index is 1560. The van der Waals surface area contributed by atoms with E-state index in [9.17, 15) is 27.6 Å². The van der Waals surface area contributed by atoms with Crippen LogP contribution in [-0.4, -0.2) is 24.4 Å². The second-order valence-corrected chi connectivity index (χ2v) is 9.35. The van der Waals surface area contributed by atoms with E-state index < -0.39 is 30.2 Å². The number of fused-ring (bicyclic) bond motifs is 1. The number of esters is 1. The highest BCUT2D eigenvalue weighted by Gasteiger charge is 2.31. The van der Waals surface area contributed by atoms with Crippen LogP contribution in [0.3, 0.4) is 0 Å². The molecule has 0 fully saturated rings. The maximum absolute atomic E-state index is 12.9. The normalized spacial score (nSPS) is 11.1. The number of alkyl halides is 3. The molecule has 4 aromatic rings. The Morgan fingerprint density at radius 3 is 2.20 bits per heavy atom. The third-order valence-electron chi connectivity index (χ3n) is 5.81. The summed E-state index contributed by atoms with van der Waals surface area (Å²) in [7, 11) is 0. The van der Waals surface area contributed by atoms with Crippen LogP contribution >= 0.6 is 11.6 Å². The Hall–Kier alpha value is -4.57. The second kappa shape index (κ2) is 13.2. The summed E-state index contributed by atoms with van der Waals surface area (Å²) >= 11 is 5.83. The van der Waals surface area contributed by atoms with Gasteiger partial charge in [-0.1, -0.05) is 41.9 Å². The predicted octanol–water partition coefficient (Wildman–Crippen LogP) is 7.60. The highest BCUT2D eigenvalue weighted by molar-refractivity contribution is 6.33. The molecule has 0 aliphatic heterocycles. The number of hydrogen-bond acceptors (Lipinski definition) is 5. The SMILES string of the molecule is O=C(CCCC(=O)OCC(=O)Nc1cc(C(F)(F)F)ccc1Cl)Nc1ccc(Oc2ccc3ccccc3c2)cc1. The zero-order chi connectivity index (χ0) is 29.4. The van der Waals surface area contributed by atoms with E-state index in [1.165, 1.54) is 0 Å². The first-order valence-electron chi connectivity index (χ1n) is 12.5. The molecule has 4 rings (SSSR count). The molecule has 0 unspecified atom stereocenters. The van der Waals surface area contributed by atoms with Gasteiger partial charge in [0.25, 0.3) is 5.91 Å². The van der Waals surface area contributed by atoms with Gasteiger partial charge < -0.3 is 20.1 Å². The topological polar surface area (TPSA) is 93.7 Å². The molecule has 2 N–H and O–H groups in total. The van der Waals surface area contributed by atoms with Crippen LogP contribution < -0.4 is 15.4 Å². The molecule has 4 aromatic carbocycles. The van der Waals surface area contributed by atoms with E-state index in [0.29, 0.717) is 23.3 Å². The molecule has 0 aromatic heterocycles. The second-order valence-electron chi connectivity index (χ2n) is 8.94. The van der Waals surface area contributed by atoms with E-state index in [-0.39, 0.29) is 35.9 Å². The van der Waals surface area contributed by atoms with Gasteiger partial charge in [0.15, 0.2) is 6.61 Å². The predicted molar refractivity (Wildman–Crippen MR) is 149 cm³/mol. The molecule has 0 heterocycles. The summed E-state index contributed by atoms with van der Waals surface area (Å²) in [5.74, 6) is -0.633. The van der Waals surface area contributed by atoms with E-state index in [2.05, 4.69) is 10.6 Å². The van der Waals surface area contributed by atoms with Crippen LogP contribution in [0.25, 0.3) is 10.8 Å². The number of rotatable bonds is 10. The Labute approximate surface area is 238 Å². The first kappa shape index (κ1) is 29.4. The van der Waals surface area contributed by atoms with Crippen molar-refractivity contribution in [1.29, 1.82) is 0 Å². The van der Waals surface area contributed by atoms with Crippen molar-refractivity contribution in [2.45, 2.75) is 25.4 Å². The maximum Gasteiger partial charge on any atom is 0.416 e. The molecule has 11 heteroatoms. The molecular formula is C30H24ClF3N2O5. The number of hydrogen-bond donors (Lipinski definition) is 2. The summed E-state index contributed by atoms with van der Waals surface area (Å²) in [5.41, 5.74) is -0.696. The molecular weight excluding hydrogens is 561 g/mol. The number of halogens is 4. The number of amides is 2. The number of benzene rings is 4. The van der Waals surface area contributed by atoms with Gasteiger partial charge in [-0.25, -0.2) is 0 Å². The largest absolute Gasteiger partial charge is 0.457 e. The molecule has 0 aliphatic carbocycles. The summed E-state index contributed by atoms with van der Waals surface area (Å²) in [4.78, 5) is 36.2. The summed E-state index contributed by atoms with van der Waals surface area (Å²) in [6.07, 6.45) is -4.56. The monoisotopic (exact) mass is 584 g/mol. The number of carbonyl (C=O) groups is 3. The minimum Gasteiger partial charge on any atom is -0.457 e. The molecule has 7 nitrogen and oxygen atoms in total. The molecule has 0 atom stereocenters. The smallest absolute Gasteiger partial charge is 0.416 e. The summed E-state index contributed by atoms with van der Waals surface area (Å²) < 4.78 is 49.3. The zero-order valence-corrected chi connectivity index (χ0v) is 22.2. The van der Waals surface area contributed by atoms with Gasteiger partial charge in [0.1, 0.15) is 11.5 Å². The van der Waals surface area contributed by atoms with E-state index in [4.69, 9.17) is 21.1 Å². The van der Waals surface area contributed by atoms with Crippen molar-refractivity contribution in [3.63, 3.8) is 0 Å². The number of carbonyl (C=O) groups excluding carboxylic acids is 3. The van der Waals surface area contributed by atoms with Crippen LogP contribution in [0.15, 0.2) is 84.9 Å². The van der Waals surface area contributed by atoms with Gasteiger partial charge in [0, 0.05) is 18.5 Å². The molecule has 0 radical (unpaired) electrons. The summed E-state index contributed by atoms with van der Waals surface area (Å²) in [6.45, 7) is -0.717. The van der Waals surface area contributed by atoms with Crippen molar-refractivity contribution in [3.05, 3.63) is 95.5 Å². The minimum atomic E-state index is -4.61. The molecule has 0 spiro atoms. The van der Waals surface area contributed by atoms with Crippen molar-refractivity contribution < 1.29 is 37.0 Å². The van der Waals surface area contributed by atoms with Crippen molar-refractivity contribution in [2.24, 2.45) is 0 Å². The first-order valence-corrected chi connectivity index (χ1v) is 12.8.